The Hall–Kier alpha value is -1.97. The zero-order chi connectivity index (χ0) is 14.3. The van der Waals surface area contributed by atoms with Gasteiger partial charge in [0.1, 0.15) is 5.82 Å². The van der Waals surface area contributed by atoms with Crippen LogP contribution in [-0.4, -0.2) is 26.8 Å². The van der Waals surface area contributed by atoms with Crippen molar-refractivity contribution in [2.75, 3.05) is 0 Å². The van der Waals surface area contributed by atoms with Gasteiger partial charge in [0.2, 0.25) is 0 Å². The molecule has 0 amide bonds. The highest BCUT2D eigenvalue weighted by molar-refractivity contribution is 5.88. The summed E-state index contributed by atoms with van der Waals surface area (Å²) in [5, 5.41) is 0. The third kappa shape index (κ3) is 2.05. The largest absolute Gasteiger partial charge is 0.325 e. The van der Waals surface area contributed by atoms with Gasteiger partial charge in [-0.1, -0.05) is 13.8 Å². The molecule has 1 aliphatic rings. The van der Waals surface area contributed by atoms with Gasteiger partial charge in [-0.2, -0.15) is 0 Å². The molecule has 0 aliphatic carbocycles. The average molecular weight is 268 g/mol. The number of nitrogens with zero attached hydrogens (tertiary/aromatic N) is 4. The quantitative estimate of drug-likeness (QED) is 0.839. The fraction of sp³-hybridized carbons (Fsp3) is 0.438. The fourth-order valence-corrected chi connectivity index (χ4v) is 2.73. The maximum Gasteiger partial charge on any atom is 0.106 e. The third-order valence-electron chi connectivity index (χ3n) is 3.74. The SMILES string of the molecule is Cc1nc(-c2cccnc2C(C)C)c2n1CC(C)N=C2. The fourth-order valence-electron chi connectivity index (χ4n) is 2.73. The predicted molar refractivity (Wildman–Crippen MR) is 81.3 cm³/mol. The Kier molecular flexibility index (Phi) is 3.16. The van der Waals surface area contributed by atoms with Gasteiger partial charge in [-0.25, -0.2) is 4.98 Å². The second kappa shape index (κ2) is 4.85. The van der Waals surface area contributed by atoms with Crippen molar-refractivity contribution in [3.8, 4) is 11.3 Å². The second-order valence-corrected chi connectivity index (χ2v) is 5.72. The second-order valence-electron chi connectivity index (χ2n) is 5.72. The highest BCUT2D eigenvalue weighted by Crippen LogP contribution is 2.30. The van der Waals surface area contributed by atoms with E-state index in [0.717, 1.165) is 35.0 Å². The van der Waals surface area contributed by atoms with E-state index in [1.54, 1.807) is 0 Å². The molecular weight excluding hydrogens is 248 g/mol. The van der Waals surface area contributed by atoms with Crippen LogP contribution in [0.15, 0.2) is 23.3 Å². The number of aromatic nitrogens is 3. The Morgan fingerprint density at radius 2 is 2.15 bits per heavy atom. The average Bonchev–Trinajstić information content (AvgIpc) is 2.75. The number of hydrogen-bond donors (Lipinski definition) is 0. The molecule has 1 atom stereocenters. The van der Waals surface area contributed by atoms with Gasteiger partial charge >= 0.3 is 0 Å². The summed E-state index contributed by atoms with van der Waals surface area (Å²) in [6.07, 6.45) is 3.81. The van der Waals surface area contributed by atoms with Crippen molar-refractivity contribution in [3.05, 3.63) is 35.5 Å². The van der Waals surface area contributed by atoms with Crippen LogP contribution >= 0.6 is 0 Å². The van der Waals surface area contributed by atoms with E-state index in [0.29, 0.717) is 12.0 Å². The summed E-state index contributed by atoms with van der Waals surface area (Å²) in [7, 11) is 0. The molecule has 4 nitrogen and oxygen atoms in total. The van der Waals surface area contributed by atoms with Crippen LogP contribution in [0.25, 0.3) is 11.3 Å². The van der Waals surface area contributed by atoms with E-state index < -0.39 is 0 Å². The highest BCUT2D eigenvalue weighted by Gasteiger charge is 2.22. The number of pyridine rings is 1. The van der Waals surface area contributed by atoms with Crippen molar-refractivity contribution in [2.24, 2.45) is 4.99 Å². The van der Waals surface area contributed by atoms with Gasteiger partial charge in [0, 0.05) is 24.5 Å². The van der Waals surface area contributed by atoms with Crippen molar-refractivity contribution >= 4 is 6.21 Å². The maximum absolute atomic E-state index is 4.77. The van der Waals surface area contributed by atoms with E-state index in [2.05, 4.69) is 48.3 Å². The van der Waals surface area contributed by atoms with Crippen LogP contribution in [0.2, 0.25) is 0 Å². The minimum Gasteiger partial charge on any atom is -0.325 e. The first-order valence-corrected chi connectivity index (χ1v) is 7.13. The van der Waals surface area contributed by atoms with Crippen molar-refractivity contribution in [1.29, 1.82) is 0 Å². The Balaban J connectivity index is 2.19. The Bertz CT molecular complexity index is 667. The van der Waals surface area contributed by atoms with Crippen LogP contribution < -0.4 is 0 Å². The minimum absolute atomic E-state index is 0.321. The lowest BCUT2D eigenvalue weighted by molar-refractivity contribution is 0.565. The predicted octanol–water partition coefficient (Wildman–Crippen LogP) is 3.20. The third-order valence-corrected chi connectivity index (χ3v) is 3.74. The molecule has 0 radical (unpaired) electrons. The van der Waals surface area contributed by atoms with Crippen LogP contribution in [-0.2, 0) is 6.54 Å². The van der Waals surface area contributed by atoms with Crippen LogP contribution in [0, 0.1) is 6.92 Å². The summed E-state index contributed by atoms with van der Waals surface area (Å²) in [4.78, 5) is 13.8. The number of rotatable bonds is 2. The molecule has 0 aromatic carbocycles. The van der Waals surface area contributed by atoms with Crippen LogP contribution in [0.5, 0.6) is 0 Å². The summed E-state index contributed by atoms with van der Waals surface area (Å²) < 4.78 is 2.25. The summed E-state index contributed by atoms with van der Waals surface area (Å²) >= 11 is 0. The lowest BCUT2D eigenvalue weighted by Crippen LogP contribution is -2.19. The van der Waals surface area contributed by atoms with E-state index in [1.807, 2.05) is 18.5 Å². The minimum atomic E-state index is 0.321. The van der Waals surface area contributed by atoms with E-state index >= 15 is 0 Å². The van der Waals surface area contributed by atoms with Gasteiger partial charge < -0.3 is 4.57 Å². The zero-order valence-electron chi connectivity index (χ0n) is 12.5. The Labute approximate surface area is 119 Å². The molecule has 0 saturated carbocycles. The Morgan fingerprint density at radius 3 is 2.90 bits per heavy atom. The molecular formula is C16H20N4. The van der Waals surface area contributed by atoms with Crippen LogP contribution in [0.4, 0.5) is 0 Å². The molecule has 0 bridgehead atoms. The normalized spacial score (nSPS) is 17.6. The summed E-state index contributed by atoms with van der Waals surface area (Å²) in [6, 6.07) is 4.41. The van der Waals surface area contributed by atoms with Crippen LogP contribution in [0.1, 0.15) is 43.9 Å². The molecule has 2 aromatic heterocycles. The molecule has 4 heteroatoms. The van der Waals surface area contributed by atoms with Crippen molar-refractivity contribution in [1.82, 2.24) is 14.5 Å². The number of aliphatic imine (C=N–C) groups is 1. The van der Waals surface area contributed by atoms with Crippen molar-refractivity contribution in [2.45, 2.75) is 46.2 Å². The first-order chi connectivity index (χ1) is 9.58. The zero-order valence-corrected chi connectivity index (χ0v) is 12.5. The molecule has 0 N–H and O–H groups in total. The molecule has 104 valence electrons. The molecule has 0 spiro atoms. The number of hydrogen-bond acceptors (Lipinski definition) is 3. The number of aryl methyl sites for hydroxylation is 1. The highest BCUT2D eigenvalue weighted by atomic mass is 15.1. The monoisotopic (exact) mass is 268 g/mol. The van der Waals surface area contributed by atoms with Crippen molar-refractivity contribution < 1.29 is 0 Å². The molecule has 3 rings (SSSR count). The summed E-state index contributed by atoms with van der Waals surface area (Å²) in [6.45, 7) is 9.42. The molecule has 0 fully saturated rings. The van der Waals surface area contributed by atoms with E-state index in [4.69, 9.17) is 4.98 Å². The first kappa shape index (κ1) is 13.0. The number of fused-ring (bicyclic) bond motifs is 1. The van der Waals surface area contributed by atoms with E-state index in [9.17, 15) is 0 Å². The molecule has 1 aliphatic heterocycles. The van der Waals surface area contributed by atoms with Gasteiger partial charge in [-0.3, -0.25) is 9.98 Å². The molecule has 1 unspecified atom stereocenters. The standard InChI is InChI=1S/C16H20N4/c1-10(2)15-13(6-5-7-17-15)16-14-8-18-11(3)9-20(14)12(4)19-16/h5-8,10-11H,9H2,1-4H3. The molecule has 20 heavy (non-hydrogen) atoms. The molecule has 3 heterocycles. The molecule has 2 aromatic rings. The van der Waals surface area contributed by atoms with Crippen LogP contribution in [0.3, 0.4) is 0 Å². The topological polar surface area (TPSA) is 43.1 Å². The van der Waals surface area contributed by atoms with E-state index in [-0.39, 0.29) is 0 Å². The van der Waals surface area contributed by atoms with Gasteiger partial charge in [0.25, 0.3) is 0 Å². The van der Waals surface area contributed by atoms with Gasteiger partial charge in [-0.15, -0.1) is 0 Å². The van der Waals surface area contributed by atoms with Gasteiger partial charge in [-0.05, 0) is 31.9 Å². The lowest BCUT2D eigenvalue weighted by atomic mass is 10.0. The summed E-state index contributed by atoms with van der Waals surface area (Å²) in [5.41, 5.74) is 4.34. The van der Waals surface area contributed by atoms with Crippen molar-refractivity contribution in [3.63, 3.8) is 0 Å². The Morgan fingerprint density at radius 1 is 1.35 bits per heavy atom. The first-order valence-electron chi connectivity index (χ1n) is 7.13. The number of imidazole rings is 1. The molecule has 0 saturated heterocycles. The van der Waals surface area contributed by atoms with Gasteiger partial charge in [0.05, 0.1) is 23.1 Å². The summed E-state index contributed by atoms with van der Waals surface area (Å²) in [5.74, 6) is 1.43. The van der Waals surface area contributed by atoms with E-state index in [1.165, 1.54) is 0 Å². The lowest BCUT2D eigenvalue weighted by Gasteiger charge is -2.17. The van der Waals surface area contributed by atoms with Gasteiger partial charge in [0.15, 0.2) is 0 Å². The smallest absolute Gasteiger partial charge is 0.106 e. The maximum atomic E-state index is 4.77.